The van der Waals surface area contributed by atoms with Crippen molar-refractivity contribution in [1.29, 1.82) is 0 Å². The van der Waals surface area contributed by atoms with Gasteiger partial charge in [0.2, 0.25) is 0 Å². The minimum Gasteiger partial charge on any atom is -0.372 e. The molecule has 92 valence electrons. The molecule has 0 fully saturated rings. The smallest absolute Gasteiger partial charge is 0.372 e. The van der Waals surface area contributed by atoms with Gasteiger partial charge in [0.25, 0.3) is 0 Å². The van der Waals surface area contributed by atoms with Gasteiger partial charge in [-0.1, -0.05) is 6.07 Å². The standard InChI is InChI=1S/C12H12N4O2/c1-9(10-4-2-6-13-8-10)15-11-5-3-7-14-12(11)16(17)18/h2-9,15H,1H3. The van der Waals surface area contributed by atoms with Crippen LogP contribution >= 0.6 is 0 Å². The van der Waals surface area contributed by atoms with Crippen molar-refractivity contribution in [3.63, 3.8) is 0 Å². The van der Waals surface area contributed by atoms with Crippen LogP contribution in [0.3, 0.4) is 0 Å². The molecule has 0 aliphatic heterocycles. The molecule has 0 aliphatic carbocycles. The van der Waals surface area contributed by atoms with E-state index in [4.69, 9.17) is 0 Å². The maximum absolute atomic E-state index is 10.8. The number of nitrogens with one attached hydrogen (secondary N) is 1. The second kappa shape index (κ2) is 5.22. The molecule has 0 saturated heterocycles. The van der Waals surface area contributed by atoms with Gasteiger partial charge in [-0.3, -0.25) is 4.98 Å². The molecule has 0 amide bonds. The zero-order valence-corrected chi connectivity index (χ0v) is 9.78. The van der Waals surface area contributed by atoms with Crippen LogP contribution in [0.25, 0.3) is 0 Å². The molecule has 0 saturated carbocycles. The fourth-order valence-corrected chi connectivity index (χ4v) is 1.60. The van der Waals surface area contributed by atoms with Crippen LogP contribution in [-0.4, -0.2) is 14.9 Å². The first kappa shape index (κ1) is 12.0. The van der Waals surface area contributed by atoms with Crippen molar-refractivity contribution >= 4 is 11.5 Å². The molecule has 0 bridgehead atoms. The molecule has 2 heterocycles. The zero-order valence-electron chi connectivity index (χ0n) is 9.78. The molecule has 0 radical (unpaired) electrons. The molecule has 2 aromatic heterocycles. The zero-order chi connectivity index (χ0) is 13.0. The average molecular weight is 244 g/mol. The van der Waals surface area contributed by atoms with Crippen molar-refractivity contribution in [1.82, 2.24) is 9.97 Å². The molecule has 6 heteroatoms. The van der Waals surface area contributed by atoms with Gasteiger partial charge in [-0.25, -0.2) is 0 Å². The van der Waals surface area contributed by atoms with Crippen LogP contribution in [0, 0.1) is 10.1 Å². The van der Waals surface area contributed by atoms with E-state index in [1.54, 1.807) is 24.5 Å². The van der Waals surface area contributed by atoms with Crippen molar-refractivity contribution in [3.05, 3.63) is 58.5 Å². The third-order valence-corrected chi connectivity index (χ3v) is 2.52. The molecule has 1 N–H and O–H groups in total. The highest BCUT2D eigenvalue weighted by atomic mass is 16.6. The molecule has 0 spiro atoms. The van der Waals surface area contributed by atoms with Crippen molar-refractivity contribution < 1.29 is 4.92 Å². The second-order valence-corrected chi connectivity index (χ2v) is 3.78. The van der Waals surface area contributed by atoms with Gasteiger partial charge in [0.15, 0.2) is 0 Å². The number of anilines is 1. The molecular formula is C12H12N4O2. The summed E-state index contributed by atoms with van der Waals surface area (Å²) in [6.07, 6.45) is 4.81. The number of hydrogen-bond acceptors (Lipinski definition) is 5. The minimum absolute atomic E-state index is 0.0819. The lowest BCUT2D eigenvalue weighted by molar-refractivity contribution is -0.388. The van der Waals surface area contributed by atoms with E-state index in [0.29, 0.717) is 5.69 Å². The van der Waals surface area contributed by atoms with Gasteiger partial charge < -0.3 is 15.4 Å². The van der Waals surface area contributed by atoms with E-state index in [1.807, 2.05) is 19.1 Å². The van der Waals surface area contributed by atoms with E-state index in [-0.39, 0.29) is 11.9 Å². The number of pyridine rings is 2. The number of nitro groups is 1. The Hall–Kier alpha value is -2.50. The van der Waals surface area contributed by atoms with Gasteiger partial charge in [-0.05, 0) is 40.6 Å². The molecule has 6 nitrogen and oxygen atoms in total. The largest absolute Gasteiger partial charge is 0.386 e. The summed E-state index contributed by atoms with van der Waals surface area (Å²) in [5.74, 6) is -0.173. The van der Waals surface area contributed by atoms with E-state index in [1.165, 1.54) is 6.20 Å². The number of rotatable bonds is 4. The quantitative estimate of drug-likeness (QED) is 0.660. The Morgan fingerprint density at radius 2 is 2.11 bits per heavy atom. The fraction of sp³-hybridized carbons (Fsp3) is 0.167. The summed E-state index contributed by atoms with van der Waals surface area (Å²) in [6, 6.07) is 6.95. The summed E-state index contributed by atoms with van der Waals surface area (Å²) in [5.41, 5.74) is 1.36. The summed E-state index contributed by atoms with van der Waals surface area (Å²) in [6.45, 7) is 1.91. The number of aromatic nitrogens is 2. The summed E-state index contributed by atoms with van der Waals surface area (Å²) in [4.78, 5) is 18.1. The van der Waals surface area contributed by atoms with Crippen molar-refractivity contribution in [3.8, 4) is 0 Å². The van der Waals surface area contributed by atoms with Crippen LogP contribution in [0.4, 0.5) is 11.5 Å². The first-order chi connectivity index (χ1) is 8.68. The summed E-state index contributed by atoms with van der Waals surface area (Å²) >= 11 is 0. The lowest BCUT2D eigenvalue weighted by Gasteiger charge is -2.14. The summed E-state index contributed by atoms with van der Waals surface area (Å²) in [7, 11) is 0. The van der Waals surface area contributed by atoms with Crippen LogP contribution in [-0.2, 0) is 0 Å². The first-order valence-corrected chi connectivity index (χ1v) is 5.44. The van der Waals surface area contributed by atoms with E-state index in [9.17, 15) is 10.1 Å². The van der Waals surface area contributed by atoms with Gasteiger partial charge in [-0.2, -0.15) is 0 Å². The number of hydrogen-bond donors (Lipinski definition) is 1. The second-order valence-electron chi connectivity index (χ2n) is 3.78. The highest BCUT2D eigenvalue weighted by Crippen LogP contribution is 2.25. The number of nitrogens with zero attached hydrogens (tertiary/aromatic N) is 3. The maximum atomic E-state index is 10.8. The Balaban J connectivity index is 2.22. The van der Waals surface area contributed by atoms with Crippen LogP contribution in [0.1, 0.15) is 18.5 Å². The van der Waals surface area contributed by atoms with Gasteiger partial charge >= 0.3 is 5.82 Å². The van der Waals surface area contributed by atoms with E-state index in [2.05, 4.69) is 15.3 Å². The van der Waals surface area contributed by atoms with E-state index >= 15 is 0 Å². The topological polar surface area (TPSA) is 81.0 Å². The Morgan fingerprint density at radius 3 is 2.78 bits per heavy atom. The lowest BCUT2D eigenvalue weighted by Crippen LogP contribution is -2.09. The normalized spacial score (nSPS) is 11.8. The lowest BCUT2D eigenvalue weighted by atomic mass is 10.1. The van der Waals surface area contributed by atoms with Crippen LogP contribution in [0.5, 0.6) is 0 Å². The van der Waals surface area contributed by atoms with Gasteiger partial charge in [0, 0.05) is 12.4 Å². The molecular weight excluding hydrogens is 232 g/mol. The van der Waals surface area contributed by atoms with Gasteiger partial charge in [-0.15, -0.1) is 0 Å². The van der Waals surface area contributed by atoms with Gasteiger partial charge in [0.05, 0.1) is 6.04 Å². The van der Waals surface area contributed by atoms with Crippen molar-refractivity contribution in [2.24, 2.45) is 0 Å². The monoisotopic (exact) mass is 244 g/mol. The third-order valence-electron chi connectivity index (χ3n) is 2.52. The Morgan fingerprint density at radius 1 is 1.33 bits per heavy atom. The van der Waals surface area contributed by atoms with Crippen LogP contribution in [0.15, 0.2) is 42.9 Å². The summed E-state index contributed by atoms with van der Waals surface area (Å²) in [5, 5.41) is 13.9. The average Bonchev–Trinajstić information content (AvgIpc) is 2.40. The third kappa shape index (κ3) is 2.60. The highest BCUT2D eigenvalue weighted by Gasteiger charge is 2.16. The Kier molecular flexibility index (Phi) is 3.47. The molecule has 0 aromatic carbocycles. The van der Waals surface area contributed by atoms with Gasteiger partial charge in [0.1, 0.15) is 11.9 Å². The minimum atomic E-state index is -0.502. The summed E-state index contributed by atoms with van der Waals surface area (Å²) < 4.78 is 0. The molecule has 2 rings (SSSR count). The molecule has 0 aliphatic rings. The van der Waals surface area contributed by atoms with Crippen LogP contribution in [0.2, 0.25) is 0 Å². The Bertz CT molecular complexity index is 545. The molecule has 1 atom stereocenters. The molecule has 1 unspecified atom stereocenters. The first-order valence-electron chi connectivity index (χ1n) is 5.44. The van der Waals surface area contributed by atoms with Crippen molar-refractivity contribution in [2.75, 3.05) is 5.32 Å². The van der Waals surface area contributed by atoms with Crippen LogP contribution < -0.4 is 5.32 Å². The highest BCUT2D eigenvalue weighted by molar-refractivity contribution is 5.57. The SMILES string of the molecule is CC(Nc1cccnc1[N+](=O)[O-])c1cccnc1. The fourth-order valence-electron chi connectivity index (χ4n) is 1.60. The molecule has 2 aromatic rings. The maximum Gasteiger partial charge on any atom is 0.386 e. The predicted octanol–water partition coefficient (Wildman–Crippen LogP) is 2.56. The van der Waals surface area contributed by atoms with E-state index in [0.717, 1.165) is 5.56 Å². The Labute approximate surface area is 104 Å². The van der Waals surface area contributed by atoms with Crippen molar-refractivity contribution in [2.45, 2.75) is 13.0 Å². The predicted molar refractivity (Wildman–Crippen MR) is 67.2 cm³/mol. The molecule has 18 heavy (non-hydrogen) atoms. The van der Waals surface area contributed by atoms with E-state index < -0.39 is 4.92 Å².